The van der Waals surface area contributed by atoms with Gasteiger partial charge < -0.3 is 5.32 Å². The van der Waals surface area contributed by atoms with Crippen molar-refractivity contribution in [2.45, 2.75) is 59.0 Å². The number of aryl methyl sites for hydroxylation is 2. The average molecular weight is 363 g/mol. The molecule has 0 amide bonds. The number of rotatable bonds is 6. The Kier molecular flexibility index (Phi) is 5.94. The van der Waals surface area contributed by atoms with Crippen molar-refractivity contribution in [3.05, 3.63) is 15.9 Å². The molecule has 1 N–H and O–H groups in total. The summed E-state index contributed by atoms with van der Waals surface area (Å²) < 4.78 is 3.20. The predicted octanol–water partition coefficient (Wildman–Crippen LogP) is 4.25. The van der Waals surface area contributed by atoms with Gasteiger partial charge in [0, 0.05) is 25.5 Å². The molecule has 0 aromatic carbocycles. The number of hydrogen-bond acceptors (Lipinski definition) is 2. The number of alkyl halides is 1. The lowest BCUT2D eigenvalue weighted by atomic mass is 9.75. The summed E-state index contributed by atoms with van der Waals surface area (Å²) in [6.07, 6.45) is 6.54. The van der Waals surface area contributed by atoms with Crippen LogP contribution >= 0.6 is 27.5 Å². The SMILES string of the molecule is CCn1nc(C)c(Br)c1CNCC1(CCl)CCCCC1. The van der Waals surface area contributed by atoms with Gasteiger partial charge in [-0.25, -0.2) is 0 Å². The summed E-state index contributed by atoms with van der Waals surface area (Å²) in [5.74, 6) is 0.771. The molecule has 1 aromatic rings. The van der Waals surface area contributed by atoms with Crippen LogP contribution in [-0.2, 0) is 13.1 Å². The van der Waals surface area contributed by atoms with E-state index in [9.17, 15) is 0 Å². The molecule has 2 rings (SSSR count). The number of aromatic nitrogens is 2. The molecule has 1 heterocycles. The highest BCUT2D eigenvalue weighted by Crippen LogP contribution is 2.36. The van der Waals surface area contributed by atoms with Crippen molar-refractivity contribution in [2.75, 3.05) is 12.4 Å². The van der Waals surface area contributed by atoms with Gasteiger partial charge in [-0.2, -0.15) is 5.10 Å². The van der Waals surface area contributed by atoms with Gasteiger partial charge in [0.25, 0.3) is 0 Å². The van der Waals surface area contributed by atoms with E-state index in [1.54, 1.807) is 0 Å². The monoisotopic (exact) mass is 361 g/mol. The maximum absolute atomic E-state index is 6.25. The fourth-order valence-electron chi connectivity index (χ4n) is 3.14. The smallest absolute Gasteiger partial charge is 0.0739 e. The molecule has 1 saturated carbocycles. The zero-order valence-corrected chi connectivity index (χ0v) is 14.9. The molecule has 5 heteroatoms. The maximum Gasteiger partial charge on any atom is 0.0739 e. The summed E-state index contributed by atoms with van der Waals surface area (Å²) in [4.78, 5) is 0. The van der Waals surface area contributed by atoms with E-state index in [-0.39, 0.29) is 0 Å². The topological polar surface area (TPSA) is 29.9 Å². The van der Waals surface area contributed by atoms with Crippen LogP contribution in [0.4, 0.5) is 0 Å². The highest BCUT2D eigenvalue weighted by molar-refractivity contribution is 9.10. The molecule has 0 aliphatic heterocycles. The van der Waals surface area contributed by atoms with Crippen molar-refractivity contribution >= 4 is 27.5 Å². The van der Waals surface area contributed by atoms with Gasteiger partial charge in [-0.1, -0.05) is 19.3 Å². The Morgan fingerprint density at radius 1 is 1.35 bits per heavy atom. The highest BCUT2D eigenvalue weighted by Gasteiger charge is 2.30. The standard InChI is InChI=1S/C15H25BrClN3/c1-3-20-13(14(16)12(2)19-20)9-18-11-15(10-17)7-5-4-6-8-15/h18H,3-11H2,1-2H3. The summed E-state index contributed by atoms with van der Waals surface area (Å²) in [5.41, 5.74) is 2.61. The van der Waals surface area contributed by atoms with Crippen LogP contribution in [0.2, 0.25) is 0 Å². The van der Waals surface area contributed by atoms with Gasteiger partial charge in [0.2, 0.25) is 0 Å². The summed E-state index contributed by atoms with van der Waals surface area (Å²) in [5, 5.41) is 8.15. The Morgan fingerprint density at radius 3 is 2.65 bits per heavy atom. The van der Waals surface area contributed by atoms with Crippen LogP contribution in [0.1, 0.15) is 50.4 Å². The minimum atomic E-state index is 0.304. The summed E-state index contributed by atoms with van der Waals surface area (Å²) in [6, 6.07) is 0. The second-order valence-electron chi connectivity index (χ2n) is 5.96. The zero-order chi connectivity index (χ0) is 14.6. The number of halogens is 2. The largest absolute Gasteiger partial charge is 0.311 e. The molecule has 3 nitrogen and oxygen atoms in total. The predicted molar refractivity (Wildman–Crippen MR) is 88.3 cm³/mol. The molecule has 1 aliphatic rings. The second-order valence-corrected chi connectivity index (χ2v) is 7.02. The lowest BCUT2D eigenvalue weighted by Gasteiger charge is -2.35. The van der Waals surface area contributed by atoms with Crippen LogP contribution in [0, 0.1) is 12.3 Å². The van der Waals surface area contributed by atoms with E-state index in [0.717, 1.165) is 35.7 Å². The molecule has 0 atom stereocenters. The van der Waals surface area contributed by atoms with Crippen LogP contribution in [0.15, 0.2) is 4.47 Å². The third-order valence-electron chi connectivity index (χ3n) is 4.44. The maximum atomic E-state index is 6.25. The second kappa shape index (κ2) is 7.28. The average Bonchev–Trinajstić information content (AvgIpc) is 2.76. The lowest BCUT2D eigenvalue weighted by Crippen LogP contribution is -2.37. The van der Waals surface area contributed by atoms with Gasteiger partial charge in [0.05, 0.1) is 15.9 Å². The van der Waals surface area contributed by atoms with Gasteiger partial charge in [-0.3, -0.25) is 4.68 Å². The van der Waals surface area contributed by atoms with Crippen LogP contribution in [0.25, 0.3) is 0 Å². The molecule has 1 aromatic heterocycles. The van der Waals surface area contributed by atoms with Crippen molar-refractivity contribution in [3.63, 3.8) is 0 Å². The van der Waals surface area contributed by atoms with Crippen molar-refractivity contribution in [3.8, 4) is 0 Å². The normalized spacial score (nSPS) is 18.4. The van der Waals surface area contributed by atoms with Crippen LogP contribution in [0.3, 0.4) is 0 Å². The van der Waals surface area contributed by atoms with Crippen LogP contribution in [0.5, 0.6) is 0 Å². The van der Waals surface area contributed by atoms with E-state index in [0.29, 0.717) is 5.41 Å². The number of nitrogens with one attached hydrogen (secondary N) is 1. The van der Waals surface area contributed by atoms with Gasteiger partial charge in [-0.15, -0.1) is 11.6 Å². The third kappa shape index (κ3) is 3.58. The van der Waals surface area contributed by atoms with Gasteiger partial charge in [-0.05, 0) is 48.0 Å². The Hall–Kier alpha value is -0.0600. The van der Waals surface area contributed by atoms with E-state index in [2.05, 4.69) is 38.0 Å². The van der Waals surface area contributed by atoms with E-state index in [4.69, 9.17) is 11.6 Å². The summed E-state index contributed by atoms with van der Waals surface area (Å²) in [6.45, 7) is 6.94. The van der Waals surface area contributed by atoms with Crippen molar-refractivity contribution in [2.24, 2.45) is 5.41 Å². The first kappa shape index (κ1) is 16.3. The Morgan fingerprint density at radius 2 is 2.05 bits per heavy atom. The first-order chi connectivity index (χ1) is 9.62. The quantitative estimate of drug-likeness (QED) is 0.767. The first-order valence-corrected chi connectivity index (χ1v) is 8.93. The molecule has 114 valence electrons. The fourth-order valence-corrected chi connectivity index (χ4v) is 3.93. The third-order valence-corrected chi connectivity index (χ3v) is 6.04. The molecule has 20 heavy (non-hydrogen) atoms. The number of nitrogens with zero attached hydrogens (tertiary/aromatic N) is 2. The van der Waals surface area contributed by atoms with Crippen molar-refractivity contribution in [1.82, 2.24) is 15.1 Å². The van der Waals surface area contributed by atoms with E-state index >= 15 is 0 Å². The van der Waals surface area contributed by atoms with Crippen LogP contribution in [-0.4, -0.2) is 22.2 Å². The minimum absolute atomic E-state index is 0.304. The molecule has 1 fully saturated rings. The van der Waals surface area contributed by atoms with Crippen molar-refractivity contribution in [1.29, 1.82) is 0 Å². The lowest BCUT2D eigenvalue weighted by molar-refractivity contribution is 0.211. The molecule has 0 spiro atoms. The summed E-state index contributed by atoms with van der Waals surface area (Å²) >= 11 is 9.90. The van der Waals surface area contributed by atoms with Crippen molar-refractivity contribution < 1.29 is 0 Å². The minimum Gasteiger partial charge on any atom is -0.311 e. The molecule has 0 saturated heterocycles. The zero-order valence-electron chi connectivity index (χ0n) is 12.5. The van der Waals surface area contributed by atoms with E-state index < -0.39 is 0 Å². The van der Waals surface area contributed by atoms with E-state index in [1.165, 1.54) is 37.8 Å². The molecule has 0 unspecified atom stereocenters. The fraction of sp³-hybridized carbons (Fsp3) is 0.800. The molecule has 1 aliphatic carbocycles. The molecule has 0 radical (unpaired) electrons. The highest BCUT2D eigenvalue weighted by atomic mass is 79.9. The molecular formula is C15H25BrClN3. The van der Waals surface area contributed by atoms with Gasteiger partial charge in [0.1, 0.15) is 0 Å². The summed E-state index contributed by atoms with van der Waals surface area (Å²) in [7, 11) is 0. The molecular weight excluding hydrogens is 338 g/mol. The number of hydrogen-bond donors (Lipinski definition) is 1. The van der Waals surface area contributed by atoms with Crippen LogP contribution < -0.4 is 5.32 Å². The Balaban J connectivity index is 1.95. The molecule has 0 bridgehead atoms. The Labute approximate surface area is 135 Å². The first-order valence-electron chi connectivity index (χ1n) is 7.60. The van der Waals surface area contributed by atoms with E-state index in [1.807, 2.05) is 6.92 Å². The van der Waals surface area contributed by atoms with Gasteiger partial charge in [0.15, 0.2) is 0 Å². The van der Waals surface area contributed by atoms with Gasteiger partial charge >= 0.3 is 0 Å². The Bertz CT molecular complexity index is 439.